The second-order valence-corrected chi connectivity index (χ2v) is 8.49. The molecule has 1 aromatic heterocycles. The molecule has 4 rings (SSSR count). The number of nitrogens with zero attached hydrogens (tertiary/aromatic N) is 2. The minimum Gasteiger partial charge on any atom is -0.435 e. The van der Waals surface area contributed by atoms with E-state index in [-0.39, 0.29) is 19.6 Å². The Kier molecular flexibility index (Phi) is 7.24. The summed E-state index contributed by atoms with van der Waals surface area (Å²) in [6.07, 6.45) is -2.34. The molecule has 0 aliphatic carbocycles. The predicted octanol–water partition coefficient (Wildman–Crippen LogP) is 2.85. The molecule has 12 heteroatoms. The zero-order valence-electron chi connectivity index (χ0n) is 17.3. The Hall–Kier alpha value is -2.98. The van der Waals surface area contributed by atoms with Gasteiger partial charge >= 0.3 is 14.2 Å². The predicted molar refractivity (Wildman–Crippen MR) is 118 cm³/mol. The SMILES string of the molecule is Nc1nc(=O)n(C2OC(COP(NCC=O)Oc3cccc4ccccc34)CC2F)cc1F. The normalized spacial score (nSPS) is 21.2. The van der Waals surface area contributed by atoms with Crippen LogP contribution in [-0.2, 0) is 14.1 Å². The van der Waals surface area contributed by atoms with Crippen LogP contribution in [0.5, 0.6) is 5.75 Å². The van der Waals surface area contributed by atoms with E-state index in [1.165, 1.54) is 0 Å². The lowest BCUT2D eigenvalue weighted by Gasteiger charge is -2.21. The van der Waals surface area contributed by atoms with Gasteiger partial charge in [0.25, 0.3) is 0 Å². The Morgan fingerprint density at radius 1 is 1.30 bits per heavy atom. The molecule has 2 aromatic carbocycles. The molecule has 1 saturated heterocycles. The van der Waals surface area contributed by atoms with Crippen molar-refractivity contribution >= 4 is 31.4 Å². The number of halogens is 2. The molecule has 3 aromatic rings. The zero-order chi connectivity index (χ0) is 23.4. The number of fused-ring (bicyclic) bond motifs is 1. The number of hydrogen-bond donors (Lipinski definition) is 2. The number of alkyl halides is 1. The topological polar surface area (TPSA) is 118 Å². The van der Waals surface area contributed by atoms with E-state index in [1.54, 1.807) is 6.07 Å². The molecule has 1 aliphatic heterocycles. The molecule has 4 unspecified atom stereocenters. The second kappa shape index (κ2) is 10.3. The fourth-order valence-electron chi connectivity index (χ4n) is 3.42. The molecule has 0 bridgehead atoms. The molecular formula is C21H21F2N4O5P. The van der Waals surface area contributed by atoms with Crippen LogP contribution in [0.4, 0.5) is 14.6 Å². The van der Waals surface area contributed by atoms with Crippen molar-refractivity contribution in [2.24, 2.45) is 0 Å². The first-order valence-corrected chi connectivity index (χ1v) is 11.2. The number of aromatic nitrogens is 2. The van der Waals surface area contributed by atoms with Crippen molar-refractivity contribution in [1.82, 2.24) is 14.6 Å². The van der Waals surface area contributed by atoms with E-state index in [1.807, 2.05) is 36.4 Å². The van der Waals surface area contributed by atoms with E-state index in [0.29, 0.717) is 12.0 Å². The van der Waals surface area contributed by atoms with E-state index in [4.69, 9.17) is 19.5 Å². The Morgan fingerprint density at radius 2 is 2.09 bits per heavy atom. The number of aldehydes is 1. The molecule has 4 atom stereocenters. The maximum Gasteiger partial charge on any atom is 0.351 e. The van der Waals surface area contributed by atoms with Crippen molar-refractivity contribution in [2.75, 3.05) is 18.9 Å². The van der Waals surface area contributed by atoms with Gasteiger partial charge in [-0.2, -0.15) is 4.98 Å². The number of nitrogens with two attached hydrogens (primary N) is 1. The van der Waals surface area contributed by atoms with Crippen LogP contribution in [0.3, 0.4) is 0 Å². The summed E-state index contributed by atoms with van der Waals surface area (Å²) in [4.78, 5) is 26.2. The molecular weight excluding hydrogens is 457 g/mol. The van der Waals surface area contributed by atoms with Crippen LogP contribution < -0.4 is 21.0 Å². The minimum absolute atomic E-state index is 0.0118. The van der Waals surface area contributed by atoms with E-state index < -0.39 is 44.4 Å². The highest BCUT2D eigenvalue weighted by atomic mass is 31.2. The smallest absolute Gasteiger partial charge is 0.351 e. The largest absolute Gasteiger partial charge is 0.435 e. The second-order valence-electron chi connectivity index (χ2n) is 7.21. The lowest BCUT2D eigenvalue weighted by molar-refractivity contribution is -0.106. The molecule has 0 saturated carbocycles. The Bertz CT molecular complexity index is 1190. The third-order valence-corrected chi connectivity index (χ3v) is 6.14. The zero-order valence-corrected chi connectivity index (χ0v) is 18.2. The lowest BCUT2D eigenvalue weighted by Crippen LogP contribution is -2.31. The summed E-state index contributed by atoms with van der Waals surface area (Å²) < 4.78 is 46.4. The lowest BCUT2D eigenvalue weighted by atomic mass is 10.1. The van der Waals surface area contributed by atoms with Gasteiger partial charge in [0, 0.05) is 11.8 Å². The molecule has 0 radical (unpaired) electrons. The molecule has 0 spiro atoms. The van der Waals surface area contributed by atoms with Crippen LogP contribution in [0.1, 0.15) is 12.6 Å². The summed E-state index contributed by atoms with van der Waals surface area (Å²) in [5.74, 6) is -0.960. The number of carbonyl (C=O) groups excluding carboxylic acids is 1. The van der Waals surface area contributed by atoms with E-state index in [9.17, 15) is 18.4 Å². The van der Waals surface area contributed by atoms with Gasteiger partial charge in [-0.3, -0.25) is 4.57 Å². The number of nitrogen functional groups attached to an aromatic ring is 1. The number of nitrogens with one attached hydrogen (secondary N) is 1. The van der Waals surface area contributed by atoms with E-state index in [2.05, 4.69) is 10.1 Å². The molecule has 2 heterocycles. The van der Waals surface area contributed by atoms with Gasteiger partial charge in [0.05, 0.1) is 25.5 Å². The van der Waals surface area contributed by atoms with Gasteiger partial charge in [0.2, 0.25) is 0 Å². The van der Waals surface area contributed by atoms with Crippen molar-refractivity contribution in [3.05, 3.63) is 65.0 Å². The highest BCUT2D eigenvalue weighted by Gasteiger charge is 2.38. The first-order chi connectivity index (χ1) is 16.0. The third kappa shape index (κ3) is 5.33. The molecule has 9 nitrogen and oxygen atoms in total. The van der Waals surface area contributed by atoms with Gasteiger partial charge in [-0.05, 0) is 11.5 Å². The van der Waals surface area contributed by atoms with Gasteiger partial charge < -0.3 is 24.3 Å². The van der Waals surface area contributed by atoms with Crippen LogP contribution in [0.25, 0.3) is 10.8 Å². The molecule has 1 aliphatic rings. The van der Waals surface area contributed by atoms with E-state index in [0.717, 1.165) is 21.5 Å². The first-order valence-electron chi connectivity index (χ1n) is 10.1. The maximum absolute atomic E-state index is 14.6. The quantitative estimate of drug-likeness (QED) is 0.356. The molecule has 0 amide bonds. The average molecular weight is 478 g/mol. The van der Waals surface area contributed by atoms with Gasteiger partial charge in [-0.1, -0.05) is 36.4 Å². The fraction of sp³-hybridized carbons (Fsp3) is 0.286. The number of benzene rings is 2. The Labute approximate surface area is 188 Å². The summed E-state index contributed by atoms with van der Waals surface area (Å²) >= 11 is 0. The Morgan fingerprint density at radius 3 is 2.91 bits per heavy atom. The molecule has 174 valence electrons. The van der Waals surface area contributed by atoms with Crippen LogP contribution in [0, 0.1) is 5.82 Å². The minimum atomic E-state index is -1.77. The molecule has 1 fully saturated rings. The van der Waals surface area contributed by atoms with Crippen molar-refractivity contribution in [3.8, 4) is 5.75 Å². The highest BCUT2D eigenvalue weighted by molar-refractivity contribution is 7.45. The average Bonchev–Trinajstić information content (AvgIpc) is 3.18. The summed E-state index contributed by atoms with van der Waals surface area (Å²) in [5.41, 5.74) is 4.35. The maximum atomic E-state index is 14.6. The van der Waals surface area contributed by atoms with Crippen LogP contribution >= 0.6 is 8.53 Å². The van der Waals surface area contributed by atoms with Crippen molar-refractivity contribution in [3.63, 3.8) is 0 Å². The molecule has 3 N–H and O–H groups in total. The van der Waals surface area contributed by atoms with Crippen molar-refractivity contribution < 1.29 is 27.4 Å². The summed E-state index contributed by atoms with van der Waals surface area (Å²) in [6, 6.07) is 13.2. The van der Waals surface area contributed by atoms with Gasteiger partial charge in [-0.15, -0.1) is 0 Å². The van der Waals surface area contributed by atoms with Gasteiger partial charge in [0.15, 0.2) is 17.9 Å². The summed E-state index contributed by atoms with van der Waals surface area (Å²) in [7, 11) is -1.77. The number of rotatable bonds is 9. The highest BCUT2D eigenvalue weighted by Crippen LogP contribution is 2.40. The summed E-state index contributed by atoms with van der Waals surface area (Å²) in [5, 5.41) is 4.69. The standard InChI is InChI=1S/C21H21F2N4O5P/c22-16-10-14(31-20(16)27-11-17(23)19(24)26-21(27)29)12-30-33(25-8-9-28)32-18-7-3-5-13-4-1-2-6-15(13)18/h1-7,9,11,14,16,20,25H,8,10,12H2,(H2,24,26,29). The number of anilines is 1. The van der Waals surface area contributed by atoms with Gasteiger partial charge in [0.1, 0.15) is 18.2 Å². The van der Waals surface area contributed by atoms with Gasteiger partial charge in [-0.25, -0.2) is 18.7 Å². The van der Waals surface area contributed by atoms with Crippen LogP contribution in [0.15, 0.2) is 53.5 Å². The number of hydrogen-bond acceptors (Lipinski definition) is 8. The number of ether oxygens (including phenoxy) is 1. The number of carbonyl (C=O) groups is 1. The third-order valence-electron chi connectivity index (χ3n) is 4.95. The van der Waals surface area contributed by atoms with Crippen molar-refractivity contribution in [1.29, 1.82) is 0 Å². The first kappa shape index (κ1) is 23.2. The monoisotopic (exact) mass is 478 g/mol. The fourth-order valence-corrected chi connectivity index (χ4v) is 4.50. The van der Waals surface area contributed by atoms with E-state index >= 15 is 0 Å². The Balaban J connectivity index is 1.44. The summed E-state index contributed by atoms with van der Waals surface area (Å²) in [6.45, 7) is -0.0962. The van der Waals surface area contributed by atoms with Crippen LogP contribution in [-0.4, -0.2) is 41.3 Å². The molecule has 33 heavy (non-hydrogen) atoms. The van der Waals surface area contributed by atoms with Crippen molar-refractivity contribution in [2.45, 2.75) is 24.9 Å². The van der Waals surface area contributed by atoms with Crippen LogP contribution in [0.2, 0.25) is 0 Å².